The van der Waals surface area contributed by atoms with E-state index >= 15 is 0 Å². The second kappa shape index (κ2) is 6.59. The highest BCUT2D eigenvalue weighted by Crippen LogP contribution is 2.28. The number of aryl methyl sites for hydroxylation is 2. The molecular formula is C19H18FNOS. The van der Waals surface area contributed by atoms with Crippen LogP contribution in [0, 0.1) is 19.7 Å². The van der Waals surface area contributed by atoms with Gasteiger partial charge in [-0.15, -0.1) is 11.8 Å². The maximum atomic E-state index is 13.8. The minimum absolute atomic E-state index is 0.272. The van der Waals surface area contributed by atoms with Crippen molar-refractivity contribution in [3.05, 3.63) is 65.0 Å². The Bertz CT molecular complexity index is 863. The number of pyridine rings is 1. The number of rotatable bonds is 4. The summed E-state index contributed by atoms with van der Waals surface area (Å²) in [4.78, 5) is 4.75. The van der Waals surface area contributed by atoms with E-state index in [2.05, 4.69) is 38.1 Å². The lowest BCUT2D eigenvalue weighted by Crippen LogP contribution is -1.92. The van der Waals surface area contributed by atoms with Gasteiger partial charge in [-0.25, -0.2) is 9.37 Å². The second-order valence-corrected chi connectivity index (χ2v) is 6.50. The number of aromatic nitrogens is 1. The Morgan fingerprint density at radius 3 is 2.65 bits per heavy atom. The van der Waals surface area contributed by atoms with E-state index in [0.717, 1.165) is 16.1 Å². The van der Waals surface area contributed by atoms with E-state index in [-0.39, 0.29) is 11.6 Å². The second-order valence-electron chi connectivity index (χ2n) is 5.51. The van der Waals surface area contributed by atoms with Crippen molar-refractivity contribution in [3.8, 4) is 5.75 Å². The van der Waals surface area contributed by atoms with Gasteiger partial charge in [-0.3, -0.25) is 0 Å². The number of hydrogen-bond acceptors (Lipinski definition) is 3. The van der Waals surface area contributed by atoms with Crippen molar-refractivity contribution in [2.45, 2.75) is 24.6 Å². The summed E-state index contributed by atoms with van der Waals surface area (Å²) in [5.74, 6) is 0.614. The minimum atomic E-state index is -0.330. The van der Waals surface area contributed by atoms with E-state index in [9.17, 15) is 4.39 Å². The molecule has 0 spiro atoms. The highest BCUT2D eigenvalue weighted by Gasteiger charge is 2.07. The molecule has 2 aromatic carbocycles. The summed E-state index contributed by atoms with van der Waals surface area (Å²) in [6.07, 6.45) is 0. The molecule has 0 radical (unpaired) electrons. The third kappa shape index (κ3) is 3.32. The topological polar surface area (TPSA) is 22.1 Å². The summed E-state index contributed by atoms with van der Waals surface area (Å²) in [5.41, 5.74) is 4.33. The zero-order valence-electron chi connectivity index (χ0n) is 13.4. The molecule has 0 fully saturated rings. The number of halogens is 1. The van der Waals surface area contributed by atoms with Crippen LogP contribution in [0.3, 0.4) is 0 Å². The van der Waals surface area contributed by atoms with E-state index in [1.54, 1.807) is 17.8 Å². The molecule has 0 aliphatic rings. The lowest BCUT2D eigenvalue weighted by molar-refractivity contribution is 0.386. The van der Waals surface area contributed by atoms with E-state index < -0.39 is 0 Å². The fourth-order valence-corrected chi connectivity index (χ4v) is 3.47. The van der Waals surface area contributed by atoms with Gasteiger partial charge in [0, 0.05) is 11.1 Å². The summed E-state index contributed by atoms with van der Waals surface area (Å²) < 4.78 is 18.7. The number of nitrogens with zero attached hydrogens (tertiary/aromatic N) is 1. The van der Waals surface area contributed by atoms with E-state index in [1.807, 2.05) is 6.07 Å². The quantitative estimate of drug-likeness (QED) is 0.608. The number of thioether (sulfide) groups is 1. The number of benzene rings is 2. The third-order valence-corrected chi connectivity index (χ3v) is 4.81. The van der Waals surface area contributed by atoms with Crippen LogP contribution in [0.15, 0.2) is 47.5 Å². The predicted octanol–water partition coefficient (Wildman–Crippen LogP) is 5.29. The molecule has 0 atom stereocenters. The van der Waals surface area contributed by atoms with Crippen LogP contribution in [0.1, 0.15) is 16.7 Å². The van der Waals surface area contributed by atoms with Crippen LogP contribution in [0.4, 0.5) is 4.39 Å². The predicted molar refractivity (Wildman–Crippen MR) is 93.7 cm³/mol. The Morgan fingerprint density at radius 2 is 1.91 bits per heavy atom. The largest absolute Gasteiger partial charge is 0.494 e. The van der Waals surface area contributed by atoms with Gasteiger partial charge in [-0.1, -0.05) is 24.3 Å². The molecule has 23 heavy (non-hydrogen) atoms. The summed E-state index contributed by atoms with van der Waals surface area (Å²) in [6, 6.07) is 13.4. The van der Waals surface area contributed by atoms with Crippen LogP contribution < -0.4 is 4.74 Å². The zero-order valence-corrected chi connectivity index (χ0v) is 14.2. The van der Waals surface area contributed by atoms with Gasteiger partial charge >= 0.3 is 0 Å². The van der Waals surface area contributed by atoms with Crippen molar-refractivity contribution < 1.29 is 9.13 Å². The normalized spacial score (nSPS) is 11.0. The molecule has 3 aromatic rings. The molecule has 0 saturated carbocycles. The Labute approximate surface area is 139 Å². The van der Waals surface area contributed by atoms with Gasteiger partial charge in [0.2, 0.25) is 0 Å². The average molecular weight is 327 g/mol. The first-order valence-corrected chi connectivity index (χ1v) is 8.39. The van der Waals surface area contributed by atoms with E-state index in [4.69, 9.17) is 9.72 Å². The van der Waals surface area contributed by atoms with Crippen LogP contribution >= 0.6 is 11.8 Å². The standard InChI is InChI=1S/C19H18FNOS/c1-12-5-4-6-15-13(2)9-18(21-19(12)15)23-11-14-7-8-17(22-3)16(20)10-14/h4-10H,11H2,1-3H3. The van der Waals surface area contributed by atoms with E-state index in [1.165, 1.54) is 29.7 Å². The maximum absolute atomic E-state index is 13.8. The van der Waals surface area contributed by atoms with Crippen molar-refractivity contribution >= 4 is 22.7 Å². The van der Waals surface area contributed by atoms with Gasteiger partial charge in [0.15, 0.2) is 11.6 Å². The van der Waals surface area contributed by atoms with Gasteiger partial charge in [0.1, 0.15) is 0 Å². The van der Waals surface area contributed by atoms with Crippen molar-refractivity contribution in [1.29, 1.82) is 0 Å². The summed E-state index contributed by atoms with van der Waals surface area (Å²) in [6.45, 7) is 4.17. The molecule has 118 valence electrons. The van der Waals surface area contributed by atoms with Crippen molar-refractivity contribution in [2.75, 3.05) is 7.11 Å². The van der Waals surface area contributed by atoms with Crippen LogP contribution in [0.25, 0.3) is 10.9 Å². The van der Waals surface area contributed by atoms with Crippen LogP contribution in [-0.2, 0) is 5.75 Å². The van der Waals surface area contributed by atoms with Crippen LogP contribution in [0.2, 0.25) is 0 Å². The molecule has 0 amide bonds. The lowest BCUT2D eigenvalue weighted by Gasteiger charge is -2.09. The molecule has 4 heteroatoms. The smallest absolute Gasteiger partial charge is 0.165 e. The molecule has 0 N–H and O–H groups in total. The Hall–Kier alpha value is -2.07. The van der Waals surface area contributed by atoms with Crippen LogP contribution in [-0.4, -0.2) is 12.1 Å². The number of fused-ring (bicyclic) bond motifs is 1. The molecule has 2 nitrogen and oxygen atoms in total. The maximum Gasteiger partial charge on any atom is 0.165 e. The Kier molecular flexibility index (Phi) is 4.53. The molecule has 3 rings (SSSR count). The highest BCUT2D eigenvalue weighted by atomic mass is 32.2. The fourth-order valence-electron chi connectivity index (χ4n) is 2.56. The molecule has 0 saturated heterocycles. The van der Waals surface area contributed by atoms with Crippen LogP contribution in [0.5, 0.6) is 5.75 Å². The first-order valence-electron chi connectivity index (χ1n) is 7.40. The van der Waals surface area contributed by atoms with Crippen molar-refractivity contribution in [3.63, 3.8) is 0 Å². The molecule has 0 aliphatic carbocycles. The number of methoxy groups -OCH3 is 1. The SMILES string of the molecule is COc1ccc(CSc2cc(C)c3cccc(C)c3n2)cc1F. The molecule has 0 bridgehead atoms. The number of hydrogen-bond donors (Lipinski definition) is 0. The summed E-state index contributed by atoms with van der Waals surface area (Å²) in [7, 11) is 1.47. The fraction of sp³-hybridized carbons (Fsp3) is 0.211. The third-order valence-electron chi connectivity index (χ3n) is 3.83. The average Bonchev–Trinajstić information content (AvgIpc) is 2.54. The van der Waals surface area contributed by atoms with Gasteiger partial charge in [0.25, 0.3) is 0 Å². The van der Waals surface area contributed by atoms with Gasteiger partial charge < -0.3 is 4.74 Å². The van der Waals surface area contributed by atoms with Gasteiger partial charge in [0.05, 0.1) is 17.7 Å². The van der Waals surface area contributed by atoms with E-state index in [0.29, 0.717) is 5.75 Å². The van der Waals surface area contributed by atoms with Crippen molar-refractivity contribution in [2.24, 2.45) is 0 Å². The summed E-state index contributed by atoms with van der Waals surface area (Å²) in [5, 5.41) is 2.14. The molecule has 0 unspecified atom stereocenters. The van der Waals surface area contributed by atoms with Gasteiger partial charge in [-0.2, -0.15) is 0 Å². The first-order chi connectivity index (χ1) is 11.1. The van der Waals surface area contributed by atoms with Gasteiger partial charge in [-0.05, 0) is 48.7 Å². The monoisotopic (exact) mass is 327 g/mol. The molecular weight excluding hydrogens is 309 g/mol. The highest BCUT2D eigenvalue weighted by molar-refractivity contribution is 7.98. The molecule has 0 aliphatic heterocycles. The molecule has 1 heterocycles. The molecule has 1 aromatic heterocycles. The number of ether oxygens (including phenoxy) is 1. The Balaban J connectivity index is 1.84. The first kappa shape index (κ1) is 15.8. The zero-order chi connectivity index (χ0) is 16.4. The number of para-hydroxylation sites is 1. The Morgan fingerprint density at radius 1 is 1.09 bits per heavy atom. The minimum Gasteiger partial charge on any atom is -0.494 e. The van der Waals surface area contributed by atoms with Crippen molar-refractivity contribution in [1.82, 2.24) is 4.98 Å². The lowest BCUT2D eigenvalue weighted by atomic mass is 10.1. The summed E-state index contributed by atoms with van der Waals surface area (Å²) >= 11 is 1.61.